The van der Waals surface area contributed by atoms with Crippen LogP contribution in [-0.4, -0.2) is 19.6 Å². The van der Waals surface area contributed by atoms with Gasteiger partial charge in [0, 0.05) is 25.3 Å². The first-order valence-corrected chi connectivity index (χ1v) is 8.21. The molecule has 2 nitrogen and oxygen atoms in total. The Hall–Kier alpha value is -1.02. The summed E-state index contributed by atoms with van der Waals surface area (Å²) >= 11 is 0. The van der Waals surface area contributed by atoms with Gasteiger partial charge in [-0.2, -0.15) is 0 Å². The normalized spacial score (nSPS) is 11.1. The van der Waals surface area contributed by atoms with E-state index in [-0.39, 0.29) is 0 Å². The largest absolute Gasteiger partial charge is 0.372 e. The van der Waals surface area contributed by atoms with Gasteiger partial charge in [-0.1, -0.05) is 39.7 Å². The molecule has 0 bridgehead atoms. The summed E-state index contributed by atoms with van der Waals surface area (Å²) in [7, 11) is 0. The minimum Gasteiger partial charge on any atom is -0.372 e. The number of nitrogens with zero attached hydrogens (tertiary/aromatic N) is 1. The lowest BCUT2D eigenvalue weighted by molar-refractivity contribution is 0.486. The second-order valence-electron chi connectivity index (χ2n) is 5.61. The van der Waals surface area contributed by atoms with Crippen molar-refractivity contribution in [2.45, 2.75) is 54.0 Å². The summed E-state index contributed by atoms with van der Waals surface area (Å²) in [6.07, 6.45) is 2.54. The fourth-order valence-corrected chi connectivity index (χ4v) is 2.61. The van der Waals surface area contributed by atoms with E-state index in [1.54, 1.807) is 0 Å². The minimum atomic E-state index is 0.802. The van der Waals surface area contributed by atoms with E-state index < -0.39 is 0 Å². The van der Waals surface area contributed by atoms with Gasteiger partial charge >= 0.3 is 0 Å². The van der Waals surface area contributed by atoms with E-state index in [0.29, 0.717) is 0 Å². The van der Waals surface area contributed by atoms with Gasteiger partial charge < -0.3 is 10.2 Å². The minimum absolute atomic E-state index is 0.802. The highest BCUT2D eigenvalue weighted by Crippen LogP contribution is 2.21. The summed E-state index contributed by atoms with van der Waals surface area (Å²) in [5.41, 5.74) is 4.18. The third-order valence-corrected chi connectivity index (χ3v) is 4.27. The fraction of sp³-hybridized carbons (Fsp3) is 0.667. The lowest BCUT2D eigenvalue weighted by Gasteiger charge is -2.28. The molecule has 0 aliphatic carbocycles. The fourth-order valence-electron chi connectivity index (χ4n) is 2.61. The topological polar surface area (TPSA) is 15.3 Å². The first-order chi connectivity index (χ1) is 9.65. The predicted molar refractivity (Wildman–Crippen MR) is 90.5 cm³/mol. The van der Waals surface area contributed by atoms with Crippen LogP contribution in [0.2, 0.25) is 0 Å². The SMILES string of the molecule is CCNCc1ccc(N(CC)CC(CC)CC)cc1C. The molecule has 0 amide bonds. The third kappa shape index (κ3) is 4.82. The maximum Gasteiger partial charge on any atom is 0.0369 e. The van der Waals surface area contributed by atoms with Crippen LogP contribution in [0.1, 0.15) is 51.7 Å². The maximum atomic E-state index is 3.40. The molecule has 2 heteroatoms. The van der Waals surface area contributed by atoms with Crippen molar-refractivity contribution in [1.82, 2.24) is 5.32 Å². The summed E-state index contributed by atoms with van der Waals surface area (Å²) in [5.74, 6) is 0.802. The van der Waals surface area contributed by atoms with Crippen molar-refractivity contribution in [2.75, 3.05) is 24.5 Å². The molecule has 0 heterocycles. The Kier molecular flexibility index (Phi) is 7.68. The van der Waals surface area contributed by atoms with Crippen LogP contribution < -0.4 is 10.2 Å². The van der Waals surface area contributed by atoms with Gasteiger partial charge in [-0.25, -0.2) is 0 Å². The molecule has 1 aromatic rings. The Morgan fingerprint density at radius 2 is 1.80 bits per heavy atom. The van der Waals surface area contributed by atoms with Crippen LogP contribution in [0.4, 0.5) is 5.69 Å². The summed E-state index contributed by atoms with van der Waals surface area (Å²) in [6.45, 7) is 15.5. The summed E-state index contributed by atoms with van der Waals surface area (Å²) in [6, 6.07) is 6.91. The summed E-state index contributed by atoms with van der Waals surface area (Å²) in [5, 5.41) is 3.40. The number of nitrogens with one attached hydrogen (secondary N) is 1. The van der Waals surface area contributed by atoms with Gasteiger partial charge in [0.15, 0.2) is 0 Å². The monoisotopic (exact) mass is 276 g/mol. The maximum absolute atomic E-state index is 3.40. The van der Waals surface area contributed by atoms with Crippen molar-refractivity contribution in [2.24, 2.45) is 5.92 Å². The van der Waals surface area contributed by atoms with Crippen molar-refractivity contribution in [3.8, 4) is 0 Å². The molecule has 0 saturated carbocycles. The highest BCUT2D eigenvalue weighted by molar-refractivity contribution is 5.50. The number of hydrogen-bond donors (Lipinski definition) is 1. The zero-order valence-electron chi connectivity index (χ0n) is 14.0. The zero-order chi connectivity index (χ0) is 15.0. The molecule has 0 aliphatic rings. The van der Waals surface area contributed by atoms with Gasteiger partial charge in [0.2, 0.25) is 0 Å². The Morgan fingerprint density at radius 1 is 1.10 bits per heavy atom. The second-order valence-corrected chi connectivity index (χ2v) is 5.61. The van der Waals surface area contributed by atoms with Crippen LogP contribution in [-0.2, 0) is 6.54 Å². The van der Waals surface area contributed by atoms with Crippen molar-refractivity contribution >= 4 is 5.69 Å². The number of aryl methyl sites for hydroxylation is 1. The third-order valence-electron chi connectivity index (χ3n) is 4.27. The molecule has 0 fully saturated rings. The molecule has 1 aromatic carbocycles. The quantitative estimate of drug-likeness (QED) is 0.720. The van der Waals surface area contributed by atoms with Crippen LogP contribution in [0.3, 0.4) is 0 Å². The first-order valence-electron chi connectivity index (χ1n) is 8.21. The number of anilines is 1. The summed E-state index contributed by atoms with van der Waals surface area (Å²) in [4.78, 5) is 2.52. The van der Waals surface area contributed by atoms with Gasteiger partial charge in [0.05, 0.1) is 0 Å². The number of rotatable bonds is 9. The van der Waals surface area contributed by atoms with E-state index >= 15 is 0 Å². The van der Waals surface area contributed by atoms with Crippen LogP contribution in [0.25, 0.3) is 0 Å². The lowest BCUT2D eigenvalue weighted by Crippen LogP contribution is -2.29. The highest BCUT2D eigenvalue weighted by atomic mass is 15.1. The van der Waals surface area contributed by atoms with Crippen LogP contribution in [0.5, 0.6) is 0 Å². The van der Waals surface area contributed by atoms with E-state index in [1.165, 1.54) is 36.2 Å². The smallest absolute Gasteiger partial charge is 0.0369 e. The van der Waals surface area contributed by atoms with Crippen LogP contribution >= 0.6 is 0 Å². The van der Waals surface area contributed by atoms with E-state index in [4.69, 9.17) is 0 Å². The Balaban J connectivity index is 2.80. The molecule has 0 saturated heterocycles. The molecule has 0 unspecified atom stereocenters. The van der Waals surface area contributed by atoms with Gasteiger partial charge in [-0.15, -0.1) is 0 Å². The molecule has 20 heavy (non-hydrogen) atoms. The van der Waals surface area contributed by atoms with Crippen LogP contribution in [0, 0.1) is 12.8 Å². The van der Waals surface area contributed by atoms with E-state index in [0.717, 1.165) is 25.6 Å². The molecule has 0 aliphatic heterocycles. The van der Waals surface area contributed by atoms with Gasteiger partial charge in [0.1, 0.15) is 0 Å². The van der Waals surface area contributed by atoms with Crippen molar-refractivity contribution in [3.63, 3.8) is 0 Å². The summed E-state index contributed by atoms with van der Waals surface area (Å²) < 4.78 is 0. The van der Waals surface area contributed by atoms with Gasteiger partial charge in [0.25, 0.3) is 0 Å². The Morgan fingerprint density at radius 3 is 2.30 bits per heavy atom. The molecule has 0 spiro atoms. The average molecular weight is 276 g/mol. The molecule has 114 valence electrons. The highest BCUT2D eigenvalue weighted by Gasteiger charge is 2.11. The molecular formula is C18H32N2. The zero-order valence-corrected chi connectivity index (χ0v) is 14.0. The number of hydrogen-bond acceptors (Lipinski definition) is 2. The molecular weight excluding hydrogens is 244 g/mol. The number of benzene rings is 1. The van der Waals surface area contributed by atoms with Gasteiger partial charge in [-0.05, 0) is 49.6 Å². The molecule has 0 atom stereocenters. The molecule has 1 rings (SSSR count). The average Bonchev–Trinajstić information content (AvgIpc) is 2.47. The predicted octanol–water partition coefficient (Wildman–Crippen LogP) is 4.37. The van der Waals surface area contributed by atoms with E-state index in [9.17, 15) is 0 Å². The van der Waals surface area contributed by atoms with Crippen LogP contribution in [0.15, 0.2) is 18.2 Å². The Bertz CT molecular complexity index is 383. The van der Waals surface area contributed by atoms with E-state index in [2.05, 4.69) is 63.0 Å². The lowest BCUT2D eigenvalue weighted by atomic mass is 10.0. The molecule has 0 radical (unpaired) electrons. The molecule has 0 aromatic heterocycles. The van der Waals surface area contributed by atoms with Crippen molar-refractivity contribution < 1.29 is 0 Å². The van der Waals surface area contributed by atoms with Crippen molar-refractivity contribution in [1.29, 1.82) is 0 Å². The van der Waals surface area contributed by atoms with Gasteiger partial charge in [-0.3, -0.25) is 0 Å². The second kappa shape index (κ2) is 9.02. The standard InChI is InChI=1S/C18H32N2/c1-6-16(7-2)14-20(9-4)18-11-10-17(13-19-8-3)15(5)12-18/h10-12,16,19H,6-9,13-14H2,1-5H3. The molecule has 1 N–H and O–H groups in total. The van der Waals surface area contributed by atoms with E-state index in [1.807, 2.05) is 0 Å². The van der Waals surface area contributed by atoms with Crippen molar-refractivity contribution in [3.05, 3.63) is 29.3 Å². The Labute approximate surface area is 125 Å². The first kappa shape index (κ1) is 17.0.